The van der Waals surface area contributed by atoms with Gasteiger partial charge in [-0.3, -0.25) is 4.79 Å². The average Bonchev–Trinajstić information content (AvgIpc) is 2.48. The number of hydrogen-bond acceptors (Lipinski definition) is 4. The van der Waals surface area contributed by atoms with Gasteiger partial charge in [-0.15, -0.1) is 11.8 Å². The average molecular weight is 429 g/mol. The third-order valence-corrected chi connectivity index (χ3v) is 5.79. The number of nitrogens with one attached hydrogen (secondary N) is 1. The number of amides is 1. The number of nitrogens with two attached hydrogens (primary N) is 1. The molecule has 2 aromatic carbocycles. The van der Waals surface area contributed by atoms with Crippen LogP contribution in [0.2, 0.25) is 0 Å². The maximum absolute atomic E-state index is 12.2. The second-order valence-corrected chi connectivity index (χ2v) is 8.78. The van der Waals surface area contributed by atoms with Gasteiger partial charge < -0.3 is 5.32 Å². The number of thioether (sulfide) groups is 1. The normalized spacial score (nSPS) is 11.3. The predicted octanol–water partition coefficient (Wildman–Crippen LogP) is 3.44. The molecule has 0 radical (unpaired) electrons. The van der Waals surface area contributed by atoms with Gasteiger partial charge in [-0.05, 0) is 55.3 Å². The molecule has 0 atom stereocenters. The molecule has 2 aromatic rings. The third-order valence-electron chi connectivity index (χ3n) is 3.41. The Labute approximate surface area is 154 Å². The van der Waals surface area contributed by atoms with Crippen LogP contribution in [0.5, 0.6) is 0 Å². The molecule has 0 saturated heterocycles. The minimum atomic E-state index is -3.82. The number of sulfonamides is 1. The van der Waals surface area contributed by atoms with Crippen LogP contribution in [-0.4, -0.2) is 20.1 Å². The van der Waals surface area contributed by atoms with Crippen LogP contribution in [0.3, 0.4) is 0 Å². The highest BCUT2D eigenvalue weighted by Crippen LogP contribution is 2.25. The van der Waals surface area contributed by atoms with E-state index in [1.54, 1.807) is 6.92 Å². The lowest BCUT2D eigenvalue weighted by Gasteiger charge is -2.12. The fourth-order valence-corrected chi connectivity index (χ4v) is 3.94. The second-order valence-electron chi connectivity index (χ2n) is 5.25. The summed E-state index contributed by atoms with van der Waals surface area (Å²) in [4.78, 5) is 13.1. The number of rotatable bonds is 5. The van der Waals surface area contributed by atoms with Gasteiger partial charge in [0.05, 0.1) is 10.6 Å². The van der Waals surface area contributed by atoms with Gasteiger partial charge in [0.15, 0.2) is 0 Å². The van der Waals surface area contributed by atoms with Gasteiger partial charge in [0.2, 0.25) is 15.9 Å². The molecule has 5 nitrogen and oxygen atoms in total. The van der Waals surface area contributed by atoms with Crippen LogP contribution in [-0.2, 0) is 14.8 Å². The Morgan fingerprint density at radius 3 is 2.58 bits per heavy atom. The van der Waals surface area contributed by atoms with Gasteiger partial charge in [-0.25, -0.2) is 13.6 Å². The summed E-state index contributed by atoms with van der Waals surface area (Å²) >= 11 is 4.78. The largest absolute Gasteiger partial charge is 0.325 e. The Bertz CT molecular complexity index is 883. The Balaban J connectivity index is 2.12. The van der Waals surface area contributed by atoms with Crippen LogP contribution in [0.1, 0.15) is 11.1 Å². The molecule has 0 bridgehead atoms. The van der Waals surface area contributed by atoms with E-state index in [2.05, 4.69) is 21.2 Å². The summed E-state index contributed by atoms with van der Waals surface area (Å²) in [5.74, 6) is 0.00296. The number of anilines is 1. The van der Waals surface area contributed by atoms with Gasteiger partial charge in [0, 0.05) is 15.1 Å². The van der Waals surface area contributed by atoms with Crippen molar-refractivity contribution in [3.05, 3.63) is 52.0 Å². The highest BCUT2D eigenvalue weighted by molar-refractivity contribution is 9.10. The number of benzene rings is 2. The minimum absolute atomic E-state index is 0.0134. The number of halogens is 1. The molecule has 1 amide bonds. The summed E-state index contributed by atoms with van der Waals surface area (Å²) in [7, 11) is -3.82. The molecule has 128 valence electrons. The Hall–Kier alpha value is -1.35. The van der Waals surface area contributed by atoms with Gasteiger partial charge in [-0.2, -0.15) is 0 Å². The summed E-state index contributed by atoms with van der Waals surface area (Å²) in [6.45, 7) is 3.59. The van der Waals surface area contributed by atoms with Crippen molar-refractivity contribution < 1.29 is 13.2 Å². The monoisotopic (exact) mass is 428 g/mol. The molecule has 0 unspecified atom stereocenters. The minimum Gasteiger partial charge on any atom is -0.325 e. The zero-order valence-corrected chi connectivity index (χ0v) is 16.4. The number of primary sulfonamides is 1. The molecule has 24 heavy (non-hydrogen) atoms. The van der Waals surface area contributed by atoms with Crippen LogP contribution in [0.25, 0.3) is 0 Å². The number of carbonyl (C=O) groups is 1. The van der Waals surface area contributed by atoms with E-state index >= 15 is 0 Å². The van der Waals surface area contributed by atoms with E-state index in [-0.39, 0.29) is 16.6 Å². The molecule has 0 aliphatic carbocycles. The van der Waals surface area contributed by atoms with Crippen LogP contribution in [0.4, 0.5) is 5.69 Å². The summed E-state index contributed by atoms with van der Waals surface area (Å²) in [6.07, 6.45) is 0. The standard InChI is InChI=1S/C16H17BrN2O3S2/c1-10-6-14(24(18,21)22)8-15(11(10)2)19-16(20)9-23-13-5-3-4-12(17)7-13/h3-8H,9H2,1-2H3,(H,19,20)(H2,18,21,22). The topological polar surface area (TPSA) is 89.3 Å². The van der Waals surface area contributed by atoms with E-state index in [1.165, 1.54) is 23.9 Å². The highest BCUT2D eigenvalue weighted by atomic mass is 79.9. The van der Waals surface area contributed by atoms with Crippen molar-refractivity contribution in [1.29, 1.82) is 0 Å². The fourth-order valence-electron chi connectivity index (χ4n) is 2.01. The Morgan fingerprint density at radius 1 is 1.25 bits per heavy atom. The molecular formula is C16H17BrN2O3S2. The molecule has 0 aliphatic heterocycles. The predicted molar refractivity (Wildman–Crippen MR) is 101 cm³/mol. The van der Waals surface area contributed by atoms with Crippen molar-refractivity contribution in [1.82, 2.24) is 0 Å². The quantitative estimate of drug-likeness (QED) is 0.713. The lowest BCUT2D eigenvalue weighted by molar-refractivity contribution is -0.113. The zero-order chi connectivity index (χ0) is 17.9. The van der Waals surface area contributed by atoms with Crippen molar-refractivity contribution in [2.45, 2.75) is 23.6 Å². The summed E-state index contributed by atoms with van der Waals surface area (Å²) in [6, 6.07) is 10.5. The van der Waals surface area contributed by atoms with Gasteiger partial charge in [-0.1, -0.05) is 22.0 Å². The third kappa shape index (κ3) is 5.07. The molecule has 0 aliphatic rings. The Morgan fingerprint density at radius 2 is 1.96 bits per heavy atom. The number of carbonyl (C=O) groups excluding carboxylic acids is 1. The number of aryl methyl sites for hydroxylation is 1. The molecule has 0 spiro atoms. The van der Waals surface area contributed by atoms with Crippen LogP contribution in [0.15, 0.2) is 50.7 Å². The van der Waals surface area contributed by atoms with Crippen LogP contribution in [0, 0.1) is 13.8 Å². The van der Waals surface area contributed by atoms with Crippen molar-refractivity contribution >= 4 is 49.3 Å². The first-order valence-electron chi connectivity index (χ1n) is 6.99. The number of hydrogen-bond donors (Lipinski definition) is 2. The molecule has 0 saturated carbocycles. The summed E-state index contributed by atoms with van der Waals surface area (Å²) in [5.41, 5.74) is 2.01. The molecule has 0 fully saturated rings. The molecule has 0 aromatic heterocycles. The Kier molecular flexibility index (Phi) is 6.08. The van der Waals surface area contributed by atoms with Gasteiger partial charge in [0.25, 0.3) is 0 Å². The first-order valence-corrected chi connectivity index (χ1v) is 10.3. The lowest BCUT2D eigenvalue weighted by Crippen LogP contribution is -2.17. The van der Waals surface area contributed by atoms with Gasteiger partial charge in [0.1, 0.15) is 0 Å². The van der Waals surface area contributed by atoms with Crippen molar-refractivity contribution in [2.24, 2.45) is 5.14 Å². The van der Waals surface area contributed by atoms with Crippen molar-refractivity contribution in [3.8, 4) is 0 Å². The van der Waals surface area contributed by atoms with E-state index in [0.717, 1.165) is 20.5 Å². The first-order chi connectivity index (χ1) is 11.2. The molecule has 2 rings (SSSR count). The van der Waals surface area contributed by atoms with E-state index in [0.29, 0.717) is 5.69 Å². The van der Waals surface area contributed by atoms with E-state index < -0.39 is 10.0 Å². The summed E-state index contributed by atoms with van der Waals surface area (Å²) < 4.78 is 24.0. The maximum Gasteiger partial charge on any atom is 0.238 e. The molecule has 3 N–H and O–H groups in total. The SMILES string of the molecule is Cc1cc(S(N)(=O)=O)cc(NC(=O)CSc2cccc(Br)c2)c1C. The van der Waals surface area contributed by atoms with Crippen LogP contribution >= 0.6 is 27.7 Å². The van der Waals surface area contributed by atoms with Gasteiger partial charge >= 0.3 is 0 Å². The second kappa shape index (κ2) is 7.69. The molecular weight excluding hydrogens is 412 g/mol. The van der Waals surface area contributed by atoms with E-state index in [9.17, 15) is 13.2 Å². The van der Waals surface area contributed by atoms with E-state index in [4.69, 9.17) is 5.14 Å². The highest BCUT2D eigenvalue weighted by Gasteiger charge is 2.14. The first kappa shape index (κ1) is 19.0. The summed E-state index contributed by atoms with van der Waals surface area (Å²) in [5, 5.41) is 7.93. The molecule has 8 heteroatoms. The maximum atomic E-state index is 12.2. The molecule has 0 heterocycles. The van der Waals surface area contributed by atoms with Crippen molar-refractivity contribution in [2.75, 3.05) is 11.1 Å². The zero-order valence-electron chi connectivity index (χ0n) is 13.2. The van der Waals surface area contributed by atoms with Crippen LogP contribution < -0.4 is 10.5 Å². The van der Waals surface area contributed by atoms with Crippen molar-refractivity contribution in [3.63, 3.8) is 0 Å². The van der Waals surface area contributed by atoms with E-state index in [1.807, 2.05) is 31.2 Å². The lowest BCUT2D eigenvalue weighted by atomic mass is 10.1. The smallest absolute Gasteiger partial charge is 0.238 e. The fraction of sp³-hybridized carbons (Fsp3) is 0.188.